The Morgan fingerprint density at radius 2 is 2.29 bits per heavy atom. The molecule has 0 spiro atoms. The lowest BCUT2D eigenvalue weighted by Gasteiger charge is -2.22. The number of carbonyl (C=O) groups is 1. The van der Waals surface area contributed by atoms with E-state index in [1.807, 2.05) is 6.07 Å². The van der Waals surface area contributed by atoms with Crippen LogP contribution in [0.3, 0.4) is 0 Å². The minimum absolute atomic E-state index is 0.0277. The van der Waals surface area contributed by atoms with Gasteiger partial charge in [0, 0.05) is 38.0 Å². The summed E-state index contributed by atoms with van der Waals surface area (Å²) in [5, 5.41) is 5.89. The van der Waals surface area contributed by atoms with E-state index >= 15 is 0 Å². The Morgan fingerprint density at radius 1 is 1.52 bits per heavy atom. The minimum Gasteiger partial charge on any atom is -0.356 e. The van der Waals surface area contributed by atoms with Gasteiger partial charge < -0.3 is 10.6 Å². The third kappa shape index (κ3) is 4.03. The predicted octanol–water partition coefficient (Wildman–Crippen LogP) is 0.409. The van der Waals surface area contributed by atoms with Crippen LogP contribution < -0.4 is 10.6 Å². The summed E-state index contributed by atoms with van der Waals surface area (Å²) >= 11 is 1.28. The van der Waals surface area contributed by atoms with Crippen molar-refractivity contribution in [2.45, 2.75) is 30.0 Å². The smallest absolute Gasteiger partial charge is 0.252 e. The summed E-state index contributed by atoms with van der Waals surface area (Å²) in [6, 6.07) is 3.50. The minimum atomic E-state index is -3.42. The van der Waals surface area contributed by atoms with E-state index < -0.39 is 10.0 Å². The highest BCUT2D eigenvalue weighted by atomic mass is 32.2. The molecule has 1 aliphatic heterocycles. The fourth-order valence-electron chi connectivity index (χ4n) is 2.28. The first-order chi connectivity index (χ1) is 9.91. The number of amides is 1. The molecule has 2 N–H and O–H groups in total. The molecule has 0 aliphatic carbocycles. The van der Waals surface area contributed by atoms with Crippen molar-refractivity contribution in [1.82, 2.24) is 14.9 Å². The van der Waals surface area contributed by atoms with Crippen molar-refractivity contribution in [3.05, 3.63) is 17.0 Å². The van der Waals surface area contributed by atoms with Crippen LogP contribution in [-0.4, -0.2) is 51.4 Å². The lowest BCUT2D eigenvalue weighted by Crippen LogP contribution is -2.37. The highest BCUT2D eigenvalue weighted by molar-refractivity contribution is 7.91. The molecule has 8 heteroatoms. The zero-order chi connectivity index (χ0) is 15.5. The molecule has 1 aliphatic rings. The lowest BCUT2D eigenvalue weighted by molar-refractivity contribution is -0.118. The van der Waals surface area contributed by atoms with E-state index in [4.69, 9.17) is 0 Å². The molecular weight excluding hydrogens is 310 g/mol. The zero-order valence-corrected chi connectivity index (χ0v) is 13.9. The van der Waals surface area contributed by atoms with Crippen molar-refractivity contribution >= 4 is 27.3 Å². The standard InChI is InChI=1S/C13H21N3O3S2/c1-10(17)15-8-6-12-3-4-13(20-12)21(18,19)16(2)11-5-7-14-9-11/h3-4,11,14H,5-9H2,1-2H3,(H,15,17). The lowest BCUT2D eigenvalue weighted by atomic mass is 10.3. The second-order valence-electron chi connectivity index (χ2n) is 5.12. The van der Waals surface area contributed by atoms with Crippen LogP contribution in [0.25, 0.3) is 0 Å². The Hall–Kier alpha value is -0.960. The largest absolute Gasteiger partial charge is 0.356 e. The van der Waals surface area contributed by atoms with Gasteiger partial charge in [-0.3, -0.25) is 4.79 Å². The number of hydrogen-bond acceptors (Lipinski definition) is 5. The van der Waals surface area contributed by atoms with Gasteiger partial charge in [0.25, 0.3) is 10.0 Å². The Kier molecular flexibility index (Phi) is 5.37. The molecule has 0 aromatic carbocycles. The second-order valence-corrected chi connectivity index (χ2v) is 8.51. The predicted molar refractivity (Wildman–Crippen MR) is 82.9 cm³/mol. The van der Waals surface area contributed by atoms with E-state index in [0.717, 1.165) is 17.8 Å². The molecule has 2 heterocycles. The van der Waals surface area contributed by atoms with Crippen molar-refractivity contribution in [1.29, 1.82) is 0 Å². The van der Waals surface area contributed by atoms with Crippen LogP contribution in [0.1, 0.15) is 18.2 Å². The molecule has 1 fully saturated rings. The van der Waals surface area contributed by atoms with Gasteiger partial charge in [0.15, 0.2) is 0 Å². The quantitative estimate of drug-likeness (QED) is 0.791. The van der Waals surface area contributed by atoms with Gasteiger partial charge in [-0.15, -0.1) is 11.3 Å². The number of nitrogens with one attached hydrogen (secondary N) is 2. The second kappa shape index (κ2) is 6.87. The first-order valence-electron chi connectivity index (χ1n) is 6.93. The molecule has 0 radical (unpaired) electrons. The van der Waals surface area contributed by atoms with E-state index in [0.29, 0.717) is 23.7 Å². The maximum Gasteiger partial charge on any atom is 0.252 e. The van der Waals surface area contributed by atoms with Gasteiger partial charge in [-0.1, -0.05) is 0 Å². The average Bonchev–Trinajstić information content (AvgIpc) is 3.08. The van der Waals surface area contributed by atoms with Gasteiger partial charge in [0.1, 0.15) is 4.21 Å². The van der Waals surface area contributed by atoms with Gasteiger partial charge in [0.05, 0.1) is 0 Å². The molecular formula is C13H21N3O3S2. The molecule has 1 unspecified atom stereocenters. The van der Waals surface area contributed by atoms with Crippen LogP contribution in [0.4, 0.5) is 0 Å². The number of rotatable bonds is 6. The summed E-state index contributed by atoms with van der Waals surface area (Å²) in [7, 11) is -1.78. The number of thiophene rings is 1. The summed E-state index contributed by atoms with van der Waals surface area (Å²) in [5.74, 6) is -0.0760. The van der Waals surface area contributed by atoms with Crippen molar-refractivity contribution < 1.29 is 13.2 Å². The summed E-state index contributed by atoms with van der Waals surface area (Å²) < 4.78 is 26.9. The normalized spacial score (nSPS) is 19.1. The van der Waals surface area contributed by atoms with Crippen molar-refractivity contribution in [2.24, 2.45) is 0 Å². The van der Waals surface area contributed by atoms with E-state index in [1.165, 1.54) is 22.6 Å². The highest BCUT2D eigenvalue weighted by Gasteiger charge is 2.30. The maximum absolute atomic E-state index is 12.6. The first-order valence-corrected chi connectivity index (χ1v) is 9.19. The van der Waals surface area contributed by atoms with Crippen LogP contribution >= 0.6 is 11.3 Å². The number of nitrogens with zero attached hydrogens (tertiary/aromatic N) is 1. The summed E-state index contributed by atoms with van der Waals surface area (Å²) in [6.45, 7) is 3.56. The van der Waals surface area contributed by atoms with E-state index in [1.54, 1.807) is 13.1 Å². The zero-order valence-electron chi connectivity index (χ0n) is 12.3. The third-order valence-electron chi connectivity index (χ3n) is 3.56. The molecule has 1 atom stereocenters. The fourth-order valence-corrected chi connectivity index (χ4v) is 5.21. The molecule has 2 rings (SSSR count). The third-order valence-corrected chi connectivity index (χ3v) is 7.09. The van der Waals surface area contributed by atoms with Gasteiger partial charge >= 0.3 is 0 Å². The number of carbonyl (C=O) groups excluding carboxylic acids is 1. The number of hydrogen-bond donors (Lipinski definition) is 2. The maximum atomic E-state index is 12.6. The van der Waals surface area contributed by atoms with E-state index in [-0.39, 0.29) is 11.9 Å². The van der Waals surface area contributed by atoms with Crippen LogP contribution in [0.2, 0.25) is 0 Å². The van der Waals surface area contributed by atoms with Gasteiger partial charge in [-0.25, -0.2) is 8.42 Å². The molecule has 118 valence electrons. The molecule has 1 saturated heterocycles. The van der Waals surface area contributed by atoms with Crippen LogP contribution in [0, 0.1) is 0 Å². The molecule has 1 aromatic heterocycles. The van der Waals surface area contributed by atoms with Crippen molar-refractivity contribution in [3.63, 3.8) is 0 Å². The van der Waals surface area contributed by atoms with Crippen LogP contribution in [-0.2, 0) is 21.2 Å². The van der Waals surface area contributed by atoms with Gasteiger partial charge in [-0.2, -0.15) is 4.31 Å². The molecule has 1 amide bonds. The molecule has 6 nitrogen and oxygen atoms in total. The summed E-state index contributed by atoms with van der Waals surface area (Å²) in [4.78, 5) is 11.8. The summed E-state index contributed by atoms with van der Waals surface area (Å²) in [6.07, 6.45) is 1.49. The Morgan fingerprint density at radius 3 is 2.90 bits per heavy atom. The molecule has 0 bridgehead atoms. The average molecular weight is 331 g/mol. The topological polar surface area (TPSA) is 78.5 Å². The van der Waals surface area contributed by atoms with Crippen LogP contribution in [0.15, 0.2) is 16.3 Å². The molecule has 0 saturated carbocycles. The SMILES string of the molecule is CC(=O)NCCc1ccc(S(=O)(=O)N(C)C2CCNC2)s1. The van der Waals surface area contributed by atoms with Gasteiger partial charge in [0.2, 0.25) is 5.91 Å². The van der Waals surface area contributed by atoms with Crippen LogP contribution in [0.5, 0.6) is 0 Å². The Labute approximate surface area is 129 Å². The van der Waals surface area contributed by atoms with E-state index in [2.05, 4.69) is 10.6 Å². The highest BCUT2D eigenvalue weighted by Crippen LogP contribution is 2.26. The Bertz CT molecular complexity index is 592. The monoisotopic (exact) mass is 331 g/mol. The molecule has 21 heavy (non-hydrogen) atoms. The molecule has 1 aromatic rings. The summed E-state index contributed by atoms with van der Waals surface area (Å²) in [5.41, 5.74) is 0. The number of likely N-dealkylation sites (N-methyl/N-ethyl adjacent to an activating group) is 1. The van der Waals surface area contributed by atoms with Crippen molar-refractivity contribution in [3.8, 4) is 0 Å². The van der Waals surface area contributed by atoms with E-state index in [9.17, 15) is 13.2 Å². The fraction of sp³-hybridized carbons (Fsp3) is 0.615. The van der Waals surface area contributed by atoms with Crippen molar-refractivity contribution in [2.75, 3.05) is 26.7 Å². The van der Waals surface area contributed by atoms with Gasteiger partial charge in [-0.05, 0) is 31.5 Å². The first kappa shape index (κ1) is 16.4. The Balaban J connectivity index is 2.03. The number of sulfonamides is 1.